The summed E-state index contributed by atoms with van der Waals surface area (Å²) in [4.78, 5) is 28.5. The normalized spacial score (nSPS) is 15.3. The molecule has 0 saturated heterocycles. The number of fused-ring (bicyclic) bond motifs is 2. The Labute approximate surface area is 195 Å². The van der Waals surface area contributed by atoms with Crippen molar-refractivity contribution in [2.24, 2.45) is 0 Å². The van der Waals surface area contributed by atoms with Crippen LogP contribution in [0.15, 0.2) is 74.3 Å². The third-order valence-corrected chi connectivity index (χ3v) is 6.20. The lowest BCUT2D eigenvalue weighted by Crippen LogP contribution is -2.29. The molecule has 32 heavy (non-hydrogen) atoms. The average Bonchev–Trinajstić information content (AvgIpc) is 3.07. The molecule has 8 heteroatoms. The van der Waals surface area contributed by atoms with Gasteiger partial charge in [0.05, 0.1) is 29.1 Å². The molecule has 1 aliphatic rings. The first-order valence-corrected chi connectivity index (χ1v) is 10.7. The largest absolute Gasteiger partial charge is 0.495 e. The van der Waals surface area contributed by atoms with Gasteiger partial charge in [-0.25, -0.2) is 4.39 Å². The molecular formula is C24H14BrClFNO4. The van der Waals surface area contributed by atoms with E-state index in [1.54, 1.807) is 18.2 Å². The van der Waals surface area contributed by atoms with Crippen molar-refractivity contribution in [1.82, 2.24) is 0 Å². The predicted molar refractivity (Wildman–Crippen MR) is 123 cm³/mol. The molecule has 1 unspecified atom stereocenters. The molecule has 0 saturated carbocycles. The molecule has 0 N–H and O–H groups in total. The number of nitrogens with zero attached hydrogens (tertiary/aromatic N) is 1. The minimum absolute atomic E-state index is 0.0751. The second kappa shape index (κ2) is 7.76. The number of anilines is 1. The summed E-state index contributed by atoms with van der Waals surface area (Å²) in [6.07, 6.45) is 0. The summed E-state index contributed by atoms with van der Waals surface area (Å²) >= 11 is 9.77. The molecule has 3 aromatic carbocycles. The van der Waals surface area contributed by atoms with E-state index >= 15 is 0 Å². The van der Waals surface area contributed by atoms with Gasteiger partial charge in [0, 0.05) is 10.2 Å². The lowest BCUT2D eigenvalue weighted by atomic mass is 9.98. The molecule has 2 heterocycles. The molecule has 0 aliphatic carbocycles. The predicted octanol–water partition coefficient (Wildman–Crippen LogP) is 6.11. The van der Waals surface area contributed by atoms with Crippen molar-refractivity contribution in [3.05, 3.63) is 103 Å². The number of halogens is 3. The molecule has 1 atom stereocenters. The van der Waals surface area contributed by atoms with E-state index in [1.165, 1.54) is 24.1 Å². The van der Waals surface area contributed by atoms with Gasteiger partial charge in [0.2, 0.25) is 5.76 Å². The third kappa shape index (κ3) is 3.20. The van der Waals surface area contributed by atoms with Gasteiger partial charge in [0.25, 0.3) is 5.91 Å². The van der Waals surface area contributed by atoms with E-state index in [0.29, 0.717) is 22.0 Å². The number of amides is 1. The Hall–Kier alpha value is -3.16. The number of carbonyl (C=O) groups excluding carboxylic acids is 1. The van der Waals surface area contributed by atoms with E-state index in [2.05, 4.69) is 15.9 Å². The minimum atomic E-state index is -0.789. The fourth-order valence-electron chi connectivity index (χ4n) is 4.01. The van der Waals surface area contributed by atoms with Crippen molar-refractivity contribution in [3.63, 3.8) is 0 Å². The average molecular weight is 515 g/mol. The Bertz CT molecular complexity index is 1470. The number of carbonyl (C=O) groups is 1. The van der Waals surface area contributed by atoms with Crippen molar-refractivity contribution in [2.45, 2.75) is 6.04 Å². The molecule has 5 rings (SSSR count). The molecule has 0 spiro atoms. The summed E-state index contributed by atoms with van der Waals surface area (Å²) in [7, 11) is 1.50. The maximum Gasteiger partial charge on any atom is 0.295 e. The van der Waals surface area contributed by atoms with Gasteiger partial charge in [0.1, 0.15) is 17.1 Å². The smallest absolute Gasteiger partial charge is 0.295 e. The molecule has 5 nitrogen and oxygen atoms in total. The second-order valence-electron chi connectivity index (χ2n) is 7.27. The van der Waals surface area contributed by atoms with Gasteiger partial charge in [-0.1, -0.05) is 39.7 Å². The number of hydrogen-bond acceptors (Lipinski definition) is 4. The van der Waals surface area contributed by atoms with Crippen LogP contribution < -0.4 is 15.1 Å². The molecule has 1 aliphatic heterocycles. The summed E-state index contributed by atoms with van der Waals surface area (Å²) in [6, 6.07) is 15.1. The highest BCUT2D eigenvalue weighted by Crippen LogP contribution is 2.43. The lowest BCUT2D eigenvalue weighted by Gasteiger charge is -2.25. The van der Waals surface area contributed by atoms with Gasteiger partial charge in [-0.2, -0.15) is 0 Å². The van der Waals surface area contributed by atoms with E-state index in [9.17, 15) is 14.0 Å². The molecule has 0 radical (unpaired) electrons. The molecule has 160 valence electrons. The second-order valence-corrected chi connectivity index (χ2v) is 8.59. The van der Waals surface area contributed by atoms with Gasteiger partial charge >= 0.3 is 0 Å². The summed E-state index contributed by atoms with van der Waals surface area (Å²) in [5.41, 5.74) is 0.985. The molecule has 0 fully saturated rings. The van der Waals surface area contributed by atoms with E-state index < -0.39 is 23.2 Å². The van der Waals surface area contributed by atoms with E-state index in [-0.39, 0.29) is 22.3 Å². The monoisotopic (exact) mass is 513 g/mol. The van der Waals surface area contributed by atoms with E-state index in [1.807, 2.05) is 24.3 Å². The first-order chi connectivity index (χ1) is 15.4. The van der Waals surface area contributed by atoms with Crippen LogP contribution in [0.3, 0.4) is 0 Å². The van der Waals surface area contributed by atoms with Crippen LogP contribution in [-0.4, -0.2) is 13.0 Å². The van der Waals surface area contributed by atoms with Crippen molar-refractivity contribution < 1.29 is 18.3 Å². The highest BCUT2D eigenvalue weighted by molar-refractivity contribution is 9.10. The summed E-state index contributed by atoms with van der Waals surface area (Å²) in [6.45, 7) is 0. The van der Waals surface area contributed by atoms with Gasteiger partial charge in [-0.05, 0) is 54.1 Å². The SMILES string of the molecule is COc1ccc(N2C(=O)c3oc4ccc(F)cc4c(=O)c3C2c2cccc(Br)c2)cc1Cl. The Kier molecular flexibility index (Phi) is 5.03. The van der Waals surface area contributed by atoms with Crippen molar-refractivity contribution in [1.29, 1.82) is 0 Å². The van der Waals surface area contributed by atoms with Crippen LogP contribution in [0, 0.1) is 5.82 Å². The Morgan fingerprint density at radius 1 is 1.09 bits per heavy atom. The van der Waals surface area contributed by atoms with Crippen LogP contribution in [0.2, 0.25) is 5.02 Å². The number of rotatable bonds is 3. The third-order valence-electron chi connectivity index (χ3n) is 5.41. The lowest BCUT2D eigenvalue weighted by molar-refractivity contribution is 0.0971. The minimum Gasteiger partial charge on any atom is -0.495 e. The number of ether oxygens (including phenoxy) is 1. The fraction of sp³-hybridized carbons (Fsp3) is 0.0833. The van der Waals surface area contributed by atoms with Crippen molar-refractivity contribution in [2.75, 3.05) is 12.0 Å². The standard InChI is InChI=1S/C24H14BrClFNO4/c1-31-19-8-6-15(11-17(19)26)28-21(12-3-2-4-13(25)9-12)20-22(29)16-10-14(27)5-7-18(16)32-23(20)24(28)30/h2-11,21H,1H3. The van der Waals surface area contributed by atoms with Crippen LogP contribution >= 0.6 is 27.5 Å². The molecular weight excluding hydrogens is 501 g/mol. The van der Waals surface area contributed by atoms with E-state index in [0.717, 1.165) is 10.5 Å². The van der Waals surface area contributed by atoms with Crippen LogP contribution in [0.25, 0.3) is 11.0 Å². The zero-order valence-corrected chi connectivity index (χ0v) is 18.9. The number of methoxy groups -OCH3 is 1. The molecule has 4 aromatic rings. The summed E-state index contributed by atoms with van der Waals surface area (Å²) in [5, 5.41) is 0.388. The summed E-state index contributed by atoms with van der Waals surface area (Å²) in [5.74, 6) is -0.679. The Morgan fingerprint density at radius 3 is 2.62 bits per heavy atom. The van der Waals surface area contributed by atoms with Gasteiger partial charge < -0.3 is 9.15 Å². The maximum absolute atomic E-state index is 13.9. The van der Waals surface area contributed by atoms with Crippen LogP contribution in [0.1, 0.15) is 27.7 Å². The number of hydrogen-bond donors (Lipinski definition) is 0. The first kappa shape index (κ1) is 20.7. The molecule has 0 bridgehead atoms. The highest BCUT2D eigenvalue weighted by Gasteiger charge is 2.43. The number of benzene rings is 3. The maximum atomic E-state index is 13.9. The van der Waals surface area contributed by atoms with Gasteiger partial charge in [0.15, 0.2) is 5.43 Å². The molecule has 1 aromatic heterocycles. The molecule has 1 amide bonds. The first-order valence-electron chi connectivity index (χ1n) is 9.58. The zero-order valence-electron chi connectivity index (χ0n) is 16.6. The van der Waals surface area contributed by atoms with Crippen LogP contribution in [0.5, 0.6) is 5.75 Å². The Morgan fingerprint density at radius 2 is 1.91 bits per heavy atom. The van der Waals surface area contributed by atoms with Gasteiger partial charge in [-0.15, -0.1) is 0 Å². The van der Waals surface area contributed by atoms with Crippen molar-refractivity contribution >= 4 is 50.1 Å². The van der Waals surface area contributed by atoms with Crippen molar-refractivity contribution in [3.8, 4) is 5.75 Å². The topological polar surface area (TPSA) is 59.8 Å². The van der Waals surface area contributed by atoms with E-state index in [4.69, 9.17) is 20.8 Å². The highest BCUT2D eigenvalue weighted by atomic mass is 79.9. The quantitative estimate of drug-likeness (QED) is 0.331. The van der Waals surface area contributed by atoms with Gasteiger partial charge in [-0.3, -0.25) is 14.5 Å². The Balaban J connectivity index is 1.81. The summed E-state index contributed by atoms with van der Waals surface area (Å²) < 4.78 is 25.7. The van der Waals surface area contributed by atoms with Crippen LogP contribution in [-0.2, 0) is 0 Å². The fourth-order valence-corrected chi connectivity index (χ4v) is 4.68. The zero-order chi connectivity index (χ0) is 22.6. The van der Waals surface area contributed by atoms with Crippen LogP contribution in [0.4, 0.5) is 10.1 Å².